The number of rotatable bonds is 5. The van der Waals surface area contributed by atoms with E-state index in [2.05, 4.69) is 10.4 Å². The normalized spacial score (nSPS) is 10.7. The van der Waals surface area contributed by atoms with Gasteiger partial charge in [0.2, 0.25) is 11.1 Å². The molecule has 0 aliphatic rings. The minimum absolute atomic E-state index is 0.0133. The van der Waals surface area contributed by atoms with Crippen LogP contribution in [0.25, 0.3) is 5.69 Å². The summed E-state index contributed by atoms with van der Waals surface area (Å²) in [6, 6.07) is 13.0. The van der Waals surface area contributed by atoms with Gasteiger partial charge in [0.25, 0.3) is 0 Å². The van der Waals surface area contributed by atoms with E-state index < -0.39 is 22.9 Å². The molecule has 32 heavy (non-hydrogen) atoms. The van der Waals surface area contributed by atoms with Crippen LogP contribution in [0.2, 0.25) is 0 Å². The zero-order chi connectivity index (χ0) is 23.4. The molecule has 0 saturated heterocycles. The zero-order valence-corrected chi connectivity index (χ0v) is 18.1. The smallest absolute Gasteiger partial charge is 0.368 e. The van der Waals surface area contributed by atoms with Gasteiger partial charge in [0, 0.05) is 30.5 Å². The van der Waals surface area contributed by atoms with Crippen LogP contribution in [-0.2, 0) is 0 Å². The van der Waals surface area contributed by atoms with E-state index in [0.717, 1.165) is 0 Å². The number of hydrogen-bond donors (Lipinski definition) is 1. The van der Waals surface area contributed by atoms with Crippen LogP contribution >= 0.6 is 0 Å². The van der Waals surface area contributed by atoms with Gasteiger partial charge in [-0.3, -0.25) is 9.69 Å². The Morgan fingerprint density at radius 3 is 2.41 bits per heavy atom. The summed E-state index contributed by atoms with van der Waals surface area (Å²) in [5, 5.41) is 6.80. The zero-order valence-electron chi connectivity index (χ0n) is 18.1. The number of nitrogens with zero attached hydrogens (tertiary/aromatic N) is 3. The number of hydrogen-bond acceptors (Lipinski definition) is 5. The summed E-state index contributed by atoms with van der Waals surface area (Å²) < 4.78 is 20.6. The fraction of sp³-hybridized carbons (Fsp3) is 0.217. The molecule has 0 atom stereocenters. The molecule has 0 aliphatic carbocycles. The Morgan fingerprint density at radius 1 is 1.12 bits per heavy atom. The second kappa shape index (κ2) is 9.42. The van der Waals surface area contributed by atoms with Gasteiger partial charge >= 0.3 is 12.0 Å². The number of halogens is 1. The lowest BCUT2D eigenvalue weighted by atomic mass is 10.2. The Balaban J connectivity index is 1.82. The van der Waals surface area contributed by atoms with Crippen LogP contribution in [0.1, 0.15) is 30.0 Å². The van der Waals surface area contributed by atoms with Gasteiger partial charge in [-0.15, -0.1) is 0 Å². The predicted molar refractivity (Wildman–Crippen MR) is 118 cm³/mol. The number of aryl methyl sites for hydroxylation is 1. The lowest BCUT2D eigenvalue weighted by Gasteiger charge is -2.20. The fourth-order valence-electron chi connectivity index (χ4n) is 2.91. The lowest BCUT2D eigenvalue weighted by molar-refractivity contribution is 0.0725. The standard InChI is InChI=1S/C23H23FN4O4/c1-14(2)25-23(31)27(4)16-9-11-17(12-10-16)32-22(30)21-20(29)13-15(3)28(26-21)19-8-6-5-7-18(19)24/h5-14H,1-4H3,(H,25,31). The summed E-state index contributed by atoms with van der Waals surface area (Å²) in [6.07, 6.45) is 0. The van der Waals surface area contributed by atoms with Crippen molar-refractivity contribution in [1.29, 1.82) is 0 Å². The van der Waals surface area contributed by atoms with Crippen LogP contribution in [-0.4, -0.2) is 34.9 Å². The SMILES string of the molecule is Cc1cc(=O)c(C(=O)Oc2ccc(N(C)C(=O)NC(C)C)cc2)nn1-c1ccccc1F. The van der Waals surface area contributed by atoms with Gasteiger partial charge in [-0.25, -0.2) is 18.7 Å². The minimum atomic E-state index is -0.973. The number of carbonyl (C=O) groups is 2. The highest BCUT2D eigenvalue weighted by Gasteiger charge is 2.19. The molecule has 0 unspecified atom stereocenters. The Bertz CT molecular complexity index is 1210. The number of esters is 1. The summed E-state index contributed by atoms with van der Waals surface area (Å²) in [6.45, 7) is 5.29. The number of benzene rings is 2. The van der Waals surface area contributed by atoms with Crippen molar-refractivity contribution in [1.82, 2.24) is 15.1 Å². The average Bonchev–Trinajstić information content (AvgIpc) is 2.74. The molecule has 3 aromatic rings. The Morgan fingerprint density at radius 2 is 1.78 bits per heavy atom. The van der Waals surface area contributed by atoms with Crippen LogP contribution in [0, 0.1) is 12.7 Å². The molecular weight excluding hydrogens is 415 g/mol. The molecule has 1 heterocycles. The number of anilines is 1. The molecule has 3 rings (SSSR count). The van der Waals surface area contributed by atoms with Crippen molar-refractivity contribution in [3.63, 3.8) is 0 Å². The predicted octanol–water partition coefficient (Wildman–Crippen LogP) is 3.45. The van der Waals surface area contributed by atoms with E-state index in [4.69, 9.17) is 4.74 Å². The number of para-hydroxylation sites is 1. The van der Waals surface area contributed by atoms with Crippen LogP contribution in [0.15, 0.2) is 59.4 Å². The van der Waals surface area contributed by atoms with Crippen molar-refractivity contribution >= 4 is 17.7 Å². The Labute approximate surface area is 184 Å². The second-order valence-corrected chi connectivity index (χ2v) is 7.41. The molecule has 0 saturated carbocycles. The van der Waals surface area contributed by atoms with Gasteiger partial charge in [0.15, 0.2) is 0 Å². The van der Waals surface area contributed by atoms with Crippen molar-refractivity contribution in [3.05, 3.63) is 82.0 Å². The molecule has 2 aromatic carbocycles. The third-order valence-electron chi connectivity index (χ3n) is 4.53. The summed E-state index contributed by atoms with van der Waals surface area (Å²) in [4.78, 5) is 38.4. The minimum Gasteiger partial charge on any atom is -0.422 e. The van der Waals surface area contributed by atoms with Crippen LogP contribution in [0.4, 0.5) is 14.9 Å². The topological polar surface area (TPSA) is 93.5 Å². The number of carbonyl (C=O) groups excluding carboxylic acids is 2. The molecule has 0 radical (unpaired) electrons. The molecular formula is C23H23FN4O4. The van der Waals surface area contributed by atoms with Crippen molar-refractivity contribution in [2.75, 3.05) is 11.9 Å². The Hall–Kier alpha value is -4.01. The highest BCUT2D eigenvalue weighted by Crippen LogP contribution is 2.20. The molecule has 1 N–H and O–H groups in total. The van der Waals surface area contributed by atoms with E-state index in [9.17, 15) is 18.8 Å². The van der Waals surface area contributed by atoms with Gasteiger partial charge in [-0.05, 0) is 57.2 Å². The first-order valence-electron chi connectivity index (χ1n) is 9.89. The molecule has 166 valence electrons. The van der Waals surface area contributed by atoms with Crippen LogP contribution < -0.4 is 20.4 Å². The van der Waals surface area contributed by atoms with E-state index in [1.165, 1.54) is 46.0 Å². The van der Waals surface area contributed by atoms with Crippen molar-refractivity contribution in [3.8, 4) is 11.4 Å². The molecule has 0 fully saturated rings. The Kier molecular flexibility index (Phi) is 6.67. The number of nitrogens with one attached hydrogen (secondary N) is 1. The monoisotopic (exact) mass is 438 g/mol. The summed E-state index contributed by atoms with van der Waals surface area (Å²) in [7, 11) is 1.61. The van der Waals surface area contributed by atoms with E-state index in [1.54, 1.807) is 32.2 Å². The third kappa shape index (κ3) is 5.00. The summed E-state index contributed by atoms with van der Waals surface area (Å²) in [5.41, 5.74) is -0.0636. The maximum atomic E-state index is 14.2. The van der Waals surface area contributed by atoms with E-state index in [-0.39, 0.29) is 23.5 Å². The number of ether oxygens (including phenoxy) is 1. The summed E-state index contributed by atoms with van der Waals surface area (Å²) in [5.74, 6) is -1.36. The first-order chi connectivity index (χ1) is 15.2. The first-order valence-corrected chi connectivity index (χ1v) is 9.89. The van der Waals surface area contributed by atoms with E-state index in [1.807, 2.05) is 13.8 Å². The van der Waals surface area contributed by atoms with Gasteiger partial charge in [-0.1, -0.05) is 12.1 Å². The largest absolute Gasteiger partial charge is 0.422 e. The number of aromatic nitrogens is 2. The third-order valence-corrected chi connectivity index (χ3v) is 4.53. The first kappa shape index (κ1) is 22.7. The summed E-state index contributed by atoms with van der Waals surface area (Å²) >= 11 is 0. The molecule has 2 amide bonds. The molecule has 1 aromatic heterocycles. The number of amides is 2. The lowest BCUT2D eigenvalue weighted by Crippen LogP contribution is -2.40. The van der Waals surface area contributed by atoms with Crippen molar-refractivity contribution in [2.24, 2.45) is 0 Å². The average molecular weight is 438 g/mol. The van der Waals surface area contributed by atoms with Gasteiger partial charge in [-0.2, -0.15) is 5.10 Å². The van der Waals surface area contributed by atoms with Crippen LogP contribution in [0.3, 0.4) is 0 Å². The molecule has 0 bridgehead atoms. The highest BCUT2D eigenvalue weighted by molar-refractivity contribution is 5.92. The maximum absolute atomic E-state index is 14.2. The number of urea groups is 1. The fourth-order valence-corrected chi connectivity index (χ4v) is 2.91. The highest BCUT2D eigenvalue weighted by atomic mass is 19.1. The van der Waals surface area contributed by atoms with Crippen molar-refractivity contribution < 1.29 is 18.7 Å². The molecule has 0 spiro atoms. The van der Waals surface area contributed by atoms with Crippen molar-refractivity contribution in [2.45, 2.75) is 26.8 Å². The molecule has 8 nitrogen and oxygen atoms in total. The van der Waals surface area contributed by atoms with Gasteiger partial charge in [0.1, 0.15) is 17.3 Å². The maximum Gasteiger partial charge on any atom is 0.368 e. The van der Waals surface area contributed by atoms with E-state index >= 15 is 0 Å². The molecule has 9 heteroatoms. The van der Waals surface area contributed by atoms with E-state index in [0.29, 0.717) is 11.4 Å². The quantitative estimate of drug-likeness (QED) is 0.486. The molecule has 0 aliphatic heterocycles. The second-order valence-electron chi connectivity index (χ2n) is 7.41. The van der Waals surface area contributed by atoms with Gasteiger partial charge in [0.05, 0.1) is 0 Å². The van der Waals surface area contributed by atoms with Crippen LogP contribution in [0.5, 0.6) is 5.75 Å². The van der Waals surface area contributed by atoms with Gasteiger partial charge < -0.3 is 10.1 Å².